The van der Waals surface area contributed by atoms with Gasteiger partial charge in [-0.15, -0.1) is 0 Å². The van der Waals surface area contributed by atoms with E-state index in [1.54, 1.807) is 0 Å². The third-order valence-electron chi connectivity index (χ3n) is 1.65. The molecule has 0 radical (unpaired) electrons. The molecule has 0 aliphatic heterocycles. The van der Waals surface area contributed by atoms with Crippen LogP contribution in [0.1, 0.15) is 17.6 Å². The summed E-state index contributed by atoms with van der Waals surface area (Å²) < 4.78 is 73.5. The average Bonchev–Trinajstić information content (AvgIpc) is 2.00. The number of hydrogen-bond donors (Lipinski definition) is 0. The molecule has 0 aromatic heterocycles. The van der Waals surface area contributed by atoms with Gasteiger partial charge in [0, 0.05) is 4.47 Å². The van der Waals surface area contributed by atoms with E-state index in [2.05, 4.69) is 15.9 Å². The minimum absolute atomic E-state index is 0.386. The van der Waals surface area contributed by atoms with Crippen LogP contribution in [0.25, 0.3) is 0 Å². The van der Waals surface area contributed by atoms with Gasteiger partial charge in [0.15, 0.2) is 0 Å². The van der Waals surface area contributed by atoms with Gasteiger partial charge in [-0.25, -0.2) is 13.2 Å². The van der Waals surface area contributed by atoms with Crippen molar-refractivity contribution in [1.82, 2.24) is 0 Å². The molecule has 1 rings (SSSR count). The third-order valence-corrected chi connectivity index (χ3v) is 2.34. The number of benzene rings is 1. The van der Waals surface area contributed by atoms with Crippen LogP contribution in [0.15, 0.2) is 16.6 Å². The molecule has 0 aliphatic carbocycles. The molecule has 15 heavy (non-hydrogen) atoms. The van der Waals surface area contributed by atoms with Gasteiger partial charge in [-0.05, 0) is 12.1 Å². The monoisotopic (exact) mass is 292 g/mol. The molecule has 0 unspecified atom stereocenters. The maximum atomic E-state index is 13.1. The summed E-state index contributed by atoms with van der Waals surface area (Å²) in [4.78, 5) is 0. The summed E-state index contributed by atoms with van der Waals surface area (Å²) in [5.74, 6) is -1.94. The van der Waals surface area contributed by atoms with E-state index in [4.69, 9.17) is 0 Å². The van der Waals surface area contributed by atoms with E-state index in [1.807, 2.05) is 0 Å². The third kappa shape index (κ3) is 2.45. The second-order valence-electron chi connectivity index (χ2n) is 2.62. The van der Waals surface area contributed by atoms with Crippen molar-refractivity contribution in [3.63, 3.8) is 0 Å². The lowest BCUT2D eigenvalue weighted by atomic mass is 10.1. The summed E-state index contributed by atoms with van der Waals surface area (Å²) in [5.41, 5.74) is -2.97. The molecular weight excluding hydrogens is 290 g/mol. The van der Waals surface area contributed by atoms with Crippen LogP contribution in [0.3, 0.4) is 0 Å². The Balaban J connectivity index is 3.42. The highest BCUT2D eigenvalue weighted by molar-refractivity contribution is 9.10. The molecule has 0 saturated carbocycles. The highest BCUT2D eigenvalue weighted by Gasteiger charge is 2.36. The van der Waals surface area contributed by atoms with E-state index in [0.29, 0.717) is 6.07 Å². The van der Waals surface area contributed by atoms with E-state index in [1.165, 1.54) is 0 Å². The van der Waals surface area contributed by atoms with Gasteiger partial charge in [0.1, 0.15) is 5.82 Å². The topological polar surface area (TPSA) is 0 Å². The van der Waals surface area contributed by atoms with E-state index in [0.717, 1.165) is 6.07 Å². The van der Waals surface area contributed by atoms with Crippen molar-refractivity contribution < 1.29 is 26.3 Å². The first-order valence-electron chi connectivity index (χ1n) is 3.58. The van der Waals surface area contributed by atoms with Gasteiger partial charge in [-0.1, -0.05) is 15.9 Å². The van der Waals surface area contributed by atoms with Gasteiger partial charge in [0.25, 0.3) is 6.43 Å². The maximum Gasteiger partial charge on any atom is 0.419 e. The molecule has 7 heteroatoms. The molecule has 0 aliphatic rings. The standard InChI is InChI=1S/C8H3BrF6/c9-4-2-1-3(8(13,14)15)6(10)5(4)7(11)12/h1-2,7H. The van der Waals surface area contributed by atoms with Gasteiger partial charge in [0.2, 0.25) is 0 Å². The number of hydrogen-bond acceptors (Lipinski definition) is 0. The smallest absolute Gasteiger partial charge is 0.206 e. The Morgan fingerprint density at radius 1 is 1.13 bits per heavy atom. The fraction of sp³-hybridized carbons (Fsp3) is 0.250. The molecule has 0 N–H and O–H groups in total. The second-order valence-corrected chi connectivity index (χ2v) is 3.48. The number of halogens is 7. The minimum Gasteiger partial charge on any atom is -0.206 e. The average molecular weight is 293 g/mol. The van der Waals surface area contributed by atoms with Crippen molar-refractivity contribution in [3.8, 4) is 0 Å². The molecule has 0 atom stereocenters. The molecule has 0 heterocycles. The van der Waals surface area contributed by atoms with E-state index in [9.17, 15) is 26.3 Å². The SMILES string of the molecule is Fc1c(C(F)(F)F)ccc(Br)c1C(F)F. The molecule has 0 bridgehead atoms. The van der Waals surface area contributed by atoms with E-state index >= 15 is 0 Å². The number of alkyl halides is 5. The van der Waals surface area contributed by atoms with Crippen LogP contribution in [0.5, 0.6) is 0 Å². The van der Waals surface area contributed by atoms with Crippen LogP contribution < -0.4 is 0 Å². The van der Waals surface area contributed by atoms with Crippen molar-refractivity contribution in [1.29, 1.82) is 0 Å². The van der Waals surface area contributed by atoms with Crippen LogP contribution in [-0.2, 0) is 6.18 Å². The molecule has 1 aromatic carbocycles. The predicted molar refractivity (Wildman–Crippen MR) is 44.1 cm³/mol. The summed E-state index contributed by atoms with van der Waals surface area (Å²) in [7, 11) is 0. The Morgan fingerprint density at radius 2 is 1.67 bits per heavy atom. The fourth-order valence-electron chi connectivity index (χ4n) is 0.988. The zero-order chi connectivity index (χ0) is 11.8. The van der Waals surface area contributed by atoms with Crippen molar-refractivity contribution in [2.24, 2.45) is 0 Å². The highest BCUT2D eigenvalue weighted by atomic mass is 79.9. The minimum atomic E-state index is -4.98. The zero-order valence-electron chi connectivity index (χ0n) is 6.88. The first-order chi connectivity index (χ1) is 6.75. The van der Waals surface area contributed by atoms with Crippen molar-refractivity contribution in [2.45, 2.75) is 12.6 Å². The Kier molecular flexibility index (Phi) is 3.32. The van der Waals surface area contributed by atoms with Crippen molar-refractivity contribution in [3.05, 3.63) is 33.5 Å². The molecule has 0 spiro atoms. The van der Waals surface area contributed by atoms with Gasteiger partial charge in [0.05, 0.1) is 11.1 Å². The largest absolute Gasteiger partial charge is 0.419 e. The van der Waals surface area contributed by atoms with Crippen LogP contribution in [0, 0.1) is 5.82 Å². The van der Waals surface area contributed by atoms with Gasteiger partial charge in [-0.3, -0.25) is 0 Å². The summed E-state index contributed by atoms with van der Waals surface area (Å²) in [6, 6.07) is 1.15. The lowest BCUT2D eigenvalue weighted by Crippen LogP contribution is -2.10. The highest BCUT2D eigenvalue weighted by Crippen LogP contribution is 2.38. The van der Waals surface area contributed by atoms with Gasteiger partial charge < -0.3 is 0 Å². The molecule has 1 aromatic rings. The molecule has 84 valence electrons. The normalized spacial score (nSPS) is 12.3. The summed E-state index contributed by atoms with van der Waals surface area (Å²) >= 11 is 2.56. The number of rotatable bonds is 1. The molecule has 0 fully saturated rings. The van der Waals surface area contributed by atoms with Crippen molar-refractivity contribution >= 4 is 15.9 Å². The fourth-order valence-corrected chi connectivity index (χ4v) is 1.47. The van der Waals surface area contributed by atoms with Crippen LogP contribution in [-0.4, -0.2) is 0 Å². The summed E-state index contributed by atoms with van der Waals surface area (Å²) in [6.07, 6.45) is -8.28. The van der Waals surface area contributed by atoms with Gasteiger partial charge in [-0.2, -0.15) is 13.2 Å². The van der Waals surface area contributed by atoms with Crippen LogP contribution >= 0.6 is 15.9 Å². The first-order valence-corrected chi connectivity index (χ1v) is 4.37. The summed E-state index contributed by atoms with van der Waals surface area (Å²) in [5, 5.41) is 0. The molecule has 0 saturated heterocycles. The zero-order valence-corrected chi connectivity index (χ0v) is 8.46. The Bertz CT molecular complexity index is 370. The maximum absolute atomic E-state index is 13.1. The Morgan fingerprint density at radius 3 is 2.07 bits per heavy atom. The Labute approximate surface area is 89.0 Å². The van der Waals surface area contributed by atoms with Crippen LogP contribution in [0.2, 0.25) is 0 Å². The Hall–Kier alpha value is -0.720. The van der Waals surface area contributed by atoms with E-state index in [-0.39, 0.29) is 4.47 Å². The second kappa shape index (κ2) is 4.03. The summed E-state index contributed by atoms with van der Waals surface area (Å²) in [6.45, 7) is 0. The lowest BCUT2D eigenvalue weighted by Gasteiger charge is -2.12. The van der Waals surface area contributed by atoms with Gasteiger partial charge >= 0.3 is 6.18 Å². The quantitative estimate of drug-likeness (QED) is 0.667. The molecule has 0 amide bonds. The van der Waals surface area contributed by atoms with Crippen LogP contribution in [0.4, 0.5) is 26.3 Å². The molecule has 0 nitrogen and oxygen atoms in total. The van der Waals surface area contributed by atoms with E-state index < -0.39 is 29.5 Å². The van der Waals surface area contributed by atoms with Crippen molar-refractivity contribution in [2.75, 3.05) is 0 Å². The first kappa shape index (κ1) is 12.4. The predicted octanol–water partition coefficient (Wildman–Crippen LogP) is 4.54. The molecular formula is C8H3BrF6. The lowest BCUT2D eigenvalue weighted by molar-refractivity contribution is -0.140.